The van der Waals surface area contributed by atoms with Crippen LogP contribution in [0.1, 0.15) is 56.1 Å². The quantitative estimate of drug-likeness (QED) is 0.792. The van der Waals surface area contributed by atoms with Crippen LogP contribution in [0.3, 0.4) is 0 Å². The Morgan fingerprint density at radius 3 is 2.59 bits per heavy atom. The molecule has 0 aromatic heterocycles. The summed E-state index contributed by atoms with van der Waals surface area (Å²) in [6.07, 6.45) is 7.84. The van der Waals surface area contributed by atoms with Crippen molar-refractivity contribution in [3.63, 3.8) is 0 Å². The molecule has 0 radical (unpaired) electrons. The molecule has 1 amide bonds. The summed E-state index contributed by atoms with van der Waals surface area (Å²) in [5.41, 5.74) is 2.56. The second-order valence-electron chi connectivity index (χ2n) is 7.10. The minimum absolute atomic E-state index is 0.125. The Balaban J connectivity index is 1.44. The van der Waals surface area contributed by atoms with Crippen molar-refractivity contribution in [1.82, 2.24) is 4.90 Å². The first-order valence-electron chi connectivity index (χ1n) is 8.80. The van der Waals surface area contributed by atoms with E-state index in [-0.39, 0.29) is 5.60 Å². The Kier molecular flexibility index (Phi) is 3.69. The summed E-state index contributed by atoms with van der Waals surface area (Å²) in [6.45, 7) is 2.43. The molecule has 2 fully saturated rings. The molecule has 1 aliphatic carbocycles. The normalized spacial score (nSPS) is 24.5. The molecule has 118 valence electrons. The minimum atomic E-state index is -0.125. The first kappa shape index (κ1) is 14.3. The molecule has 22 heavy (non-hydrogen) atoms. The second kappa shape index (κ2) is 5.69. The van der Waals surface area contributed by atoms with E-state index >= 15 is 0 Å². The van der Waals surface area contributed by atoms with Crippen LogP contribution in [-0.2, 0) is 21.7 Å². The van der Waals surface area contributed by atoms with Crippen molar-refractivity contribution < 1.29 is 9.53 Å². The fraction of sp³-hybridized carbons (Fsp3) is 0.632. The molecular formula is C19H25NO2. The van der Waals surface area contributed by atoms with E-state index in [0.717, 1.165) is 45.4 Å². The van der Waals surface area contributed by atoms with Crippen molar-refractivity contribution in [2.24, 2.45) is 5.92 Å². The van der Waals surface area contributed by atoms with Crippen LogP contribution in [-0.4, -0.2) is 23.9 Å². The zero-order chi connectivity index (χ0) is 15.0. The van der Waals surface area contributed by atoms with Crippen molar-refractivity contribution in [1.29, 1.82) is 0 Å². The van der Waals surface area contributed by atoms with Gasteiger partial charge >= 0.3 is 0 Å². The lowest BCUT2D eigenvalue weighted by Crippen LogP contribution is -2.47. The Bertz CT molecular complexity index is 554. The zero-order valence-corrected chi connectivity index (χ0v) is 13.2. The third kappa shape index (κ3) is 2.36. The summed E-state index contributed by atoms with van der Waals surface area (Å²) in [7, 11) is 0. The van der Waals surface area contributed by atoms with Gasteiger partial charge in [0.25, 0.3) is 0 Å². The molecule has 3 nitrogen and oxygen atoms in total. The topological polar surface area (TPSA) is 29.5 Å². The number of nitrogens with zero attached hydrogens (tertiary/aromatic N) is 1. The highest BCUT2D eigenvalue weighted by Crippen LogP contribution is 2.44. The number of likely N-dealkylation sites (tertiary alicyclic amines) is 1. The average Bonchev–Trinajstić information content (AvgIpc) is 2.95. The smallest absolute Gasteiger partial charge is 0.225 e. The van der Waals surface area contributed by atoms with Gasteiger partial charge < -0.3 is 9.64 Å². The van der Waals surface area contributed by atoms with Gasteiger partial charge in [0.1, 0.15) is 0 Å². The second-order valence-corrected chi connectivity index (χ2v) is 7.10. The van der Waals surface area contributed by atoms with E-state index < -0.39 is 0 Å². The zero-order valence-electron chi connectivity index (χ0n) is 13.2. The van der Waals surface area contributed by atoms with E-state index in [1.54, 1.807) is 0 Å². The molecule has 0 atom stereocenters. The molecule has 0 N–H and O–H groups in total. The number of piperidine rings is 1. The highest BCUT2D eigenvalue weighted by Gasteiger charge is 2.43. The van der Waals surface area contributed by atoms with E-state index in [4.69, 9.17) is 4.74 Å². The molecule has 1 saturated carbocycles. The predicted molar refractivity (Wildman–Crippen MR) is 85.3 cm³/mol. The fourth-order valence-electron chi connectivity index (χ4n) is 4.49. The number of rotatable bonds is 1. The van der Waals surface area contributed by atoms with Crippen LogP contribution < -0.4 is 0 Å². The molecule has 4 rings (SSSR count). The third-order valence-electron chi connectivity index (χ3n) is 5.85. The molecule has 2 aliphatic heterocycles. The number of hydrogen-bond donors (Lipinski definition) is 0. The van der Waals surface area contributed by atoms with Gasteiger partial charge in [0, 0.05) is 19.0 Å². The lowest BCUT2D eigenvalue weighted by atomic mass is 9.82. The maximum absolute atomic E-state index is 12.7. The molecule has 1 spiro atoms. The Morgan fingerprint density at radius 2 is 1.82 bits per heavy atom. The first-order chi connectivity index (χ1) is 10.8. The number of carbonyl (C=O) groups excluding carboxylic acids is 1. The van der Waals surface area contributed by atoms with Gasteiger partial charge in [-0.1, -0.05) is 43.5 Å². The SMILES string of the molecule is O=C(C1CCCCC1)N1CCC2(CC1)OCc1ccccc12. The maximum Gasteiger partial charge on any atom is 0.225 e. The highest BCUT2D eigenvalue weighted by atomic mass is 16.5. The first-order valence-corrected chi connectivity index (χ1v) is 8.80. The summed E-state index contributed by atoms with van der Waals surface area (Å²) >= 11 is 0. The van der Waals surface area contributed by atoms with Gasteiger partial charge in [0.15, 0.2) is 0 Å². The van der Waals surface area contributed by atoms with Gasteiger partial charge in [0.2, 0.25) is 5.91 Å². The van der Waals surface area contributed by atoms with Gasteiger partial charge in [-0.3, -0.25) is 4.79 Å². The van der Waals surface area contributed by atoms with Gasteiger partial charge in [-0.05, 0) is 36.8 Å². The number of carbonyl (C=O) groups is 1. The summed E-state index contributed by atoms with van der Waals surface area (Å²) < 4.78 is 6.19. The van der Waals surface area contributed by atoms with Crippen molar-refractivity contribution in [3.8, 4) is 0 Å². The highest BCUT2D eigenvalue weighted by molar-refractivity contribution is 5.79. The molecule has 0 unspecified atom stereocenters. The standard InChI is InChI=1S/C19H25NO2/c21-18(15-6-2-1-3-7-15)20-12-10-19(11-13-20)17-9-5-4-8-16(17)14-22-19/h4-5,8-9,15H,1-3,6-7,10-14H2. The molecule has 2 heterocycles. The van der Waals surface area contributed by atoms with Crippen molar-refractivity contribution in [2.75, 3.05) is 13.1 Å². The Labute approximate surface area is 132 Å². The average molecular weight is 299 g/mol. The van der Waals surface area contributed by atoms with E-state index in [1.807, 2.05) is 0 Å². The maximum atomic E-state index is 12.7. The van der Waals surface area contributed by atoms with Gasteiger partial charge in [-0.25, -0.2) is 0 Å². The summed E-state index contributed by atoms with van der Waals surface area (Å²) in [4.78, 5) is 14.8. The number of benzene rings is 1. The number of fused-ring (bicyclic) bond motifs is 2. The molecule has 0 bridgehead atoms. The molecular weight excluding hydrogens is 274 g/mol. The summed E-state index contributed by atoms with van der Waals surface area (Å²) in [5.74, 6) is 0.695. The number of ether oxygens (including phenoxy) is 1. The predicted octanol–water partition coefficient (Wildman–Crippen LogP) is 3.61. The number of hydrogen-bond acceptors (Lipinski definition) is 2. The van der Waals surface area contributed by atoms with Crippen LogP contribution in [0.15, 0.2) is 24.3 Å². The van der Waals surface area contributed by atoms with Gasteiger partial charge in [0.05, 0.1) is 12.2 Å². The van der Waals surface area contributed by atoms with Crippen molar-refractivity contribution in [2.45, 2.75) is 57.2 Å². The van der Waals surface area contributed by atoms with Crippen LogP contribution in [0.5, 0.6) is 0 Å². The lowest BCUT2D eigenvalue weighted by molar-refractivity contribution is -0.143. The molecule has 3 heteroatoms. The minimum Gasteiger partial charge on any atom is -0.365 e. The Hall–Kier alpha value is -1.35. The largest absolute Gasteiger partial charge is 0.365 e. The van der Waals surface area contributed by atoms with Gasteiger partial charge in [-0.2, -0.15) is 0 Å². The van der Waals surface area contributed by atoms with Crippen molar-refractivity contribution in [3.05, 3.63) is 35.4 Å². The van der Waals surface area contributed by atoms with Crippen LogP contribution in [0.25, 0.3) is 0 Å². The molecule has 3 aliphatic rings. The van der Waals surface area contributed by atoms with Crippen molar-refractivity contribution >= 4 is 5.91 Å². The fourth-order valence-corrected chi connectivity index (χ4v) is 4.49. The number of amides is 1. The Morgan fingerprint density at radius 1 is 1.09 bits per heavy atom. The summed E-state index contributed by atoms with van der Waals surface area (Å²) in [6, 6.07) is 8.57. The molecule has 1 saturated heterocycles. The lowest BCUT2D eigenvalue weighted by Gasteiger charge is -2.40. The van der Waals surface area contributed by atoms with Gasteiger partial charge in [-0.15, -0.1) is 0 Å². The van der Waals surface area contributed by atoms with E-state index in [2.05, 4.69) is 29.2 Å². The van der Waals surface area contributed by atoms with Crippen LogP contribution in [0.4, 0.5) is 0 Å². The summed E-state index contributed by atoms with van der Waals surface area (Å²) in [5, 5.41) is 0. The third-order valence-corrected chi connectivity index (χ3v) is 5.85. The van der Waals surface area contributed by atoms with E-state index in [9.17, 15) is 4.79 Å². The molecule has 1 aromatic rings. The van der Waals surface area contributed by atoms with Crippen LogP contribution in [0, 0.1) is 5.92 Å². The molecule has 1 aromatic carbocycles. The van der Waals surface area contributed by atoms with E-state index in [0.29, 0.717) is 11.8 Å². The monoisotopic (exact) mass is 299 g/mol. The van der Waals surface area contributed by atoms with Crippen LogP contribution >= 0.6 is 0 Å². The van der Waals surface area contributed by atoms with E-state index in [1.165, 1.54) is 30.4 Å². The van der Waals surface area contributed by atoms with Crippen LogP contribution in [0.2, 0.25) is 0 Å².